The maximum absolute atomic E-state index is 13.0. The molecule has 0 saturated carbocycles. The molecule has 0 amide bonds. The Balaban J connectivity index is 1.61. The van der Waals surface area contributed by atoms with Crippen molar-refractivity contribution >= 4 is 11.6 Å². The second kappa shape index (κ2) is 8.35. The minimum Gasteiger partial charge on any atom is -0.346 e. The van der Waals surface area contributed by atoms with Gasteiger partial charge in [-0.05, 0) is 36.4 Å². The zero-order valence-electron chi connectivity index (χ0n) is 15.5. The predicted octanol–water partition coefficient (Wildman–Crippen LogP) is 5.49. The van der Waals surface area contributed by atoms with Crippen LogP contribution in [0.3, 0.4) is 0 Å². The predicted molar refractivity (Wildman–Crippen MR) is 112 cm³/mol. The van der Waals surface area contributed by atoms with Gasteiger partial charge < -0.3 is 5.32 Å². The van der Waals surface area contributed by atoms with Crippen molar-refractivity contribution in [2.75, 3.05) is 5.32 Å². The lowest BCUT2D eigenvalue weighted by molar-refractivity contribution is 0.104. The summed E-state index contributed by atoms with van der Waals surface area (Å²) in [5.74, 6) is 0.133. The third-order valence-corrected chi connectivity index (χ3v) is 4.37. The van der Waals surface area contributed by atoms with Gasteiger partial charge in [-0.3, -0.25) is 4.79 Å². The largest absolute Gasteiger partial charge is 0.346 e. The third kappa shape index (κ3) is 4.30. The maximum Gasteiger partial charge on any atom is 0.187 e. The summed E-state index contributed by atoms with van der Waals surface area (Å²) in [5.41, 5.74) is 3.13. The highest BCUT2D eigenvalue weighted by atomic mass is 19.1. The maximum atomic E-state index is 13.0. The molecule has 0 saturated heterocycles. The summed E-state index contributed by atoms with van der Waals surface area (Å²) in [6.45, 7) is 0. The second-order valence-electron chi connectivity index (χ2n) is 6.38. The van der Waals surface area contributed by atoms with E-state index in [-0.39, 0.29) is 11.6 Å². The van der Waals surface area contributed by atoms with Gasteiger partial charge in [-0.1, -0.05) is 48.5 Å². The summed E-state index contributed by atoms with van der Waals surface area (Å²) in [5, 5.41) is 7.85. The second-order valence-corrected chi connectivity index (χ2v) is 6.38. The van der Waals surface area contributed by atoms with Gasteiger partial charge in [0.2, 0.25) is 0 Å². The summed E-state index contributed by atoms with van der Waals surface area (Å²) < 4.78 is 14.8. The molecule has 1 heterocycles. The van der Waals surface area contributed by atoms with Gasteiger partial charge in [0.1, 0.15) is 11.6 Å². The van der Waals surface area contributed by atoms with Crippen LogP contribution in [0.25, 0.3) is 16.9 Å². The van der Waals surface area contributed by atoms with Crippen LogP contribution in [-0.4, -0.2) is 15.6 Å². The Morgan fingerprint density at radius 1 is 0.897 bits per heavy atom. The van der Waals surface area contributed by atoms with Crippen molar-refractivity contribution in [3.8, 4) is 16.9 Å². The zero-order chi connectivity index (χ0) is 20.1. The number of para-hydroxylation sites is 1. The van der Waals surface area contributed by atoms with Gasteiger partial charge in [-0.15, -0.1) is 0 Å². The van der Waals surface area contributed by atoms with E-state index in [1.165, 1.54) is 30.3 Å². The molecule has 4 rings (SSSR count). The molecule has 0 aliphatic rings. The van der Waals surface area contributed by atoms with Gasteiger partial charge in [-0.2, -0.15) is 5.10 Å². The number of allylic oxidation sites excluding steroid dienone is 1. The molecule has 0 aliphatic heterocycles. The van der Waals surface area contributed by atoms with Crippen LogP contribution in [0.15, 0.2) is 103 Å². The first kappa shape index (κ1) is 18.4. The standard InChI is InChI=1S/C24H18FN3O/c25-20-13-11-19(12-14-20)23(29)15-16-26-24-17-22(18-7-3-1-4-8-18)27-28(24)21-9-5-2-6-10-21/h1-17,26H. The highest BCUT2D eigenvalue weighted by Crippen LogP contribution is 2.24. The summed E-state index contributed by atoms with van der Waals surface area (Å²) >= 11 is 0. The summed E-state index contributed by atoms with van der Waals surface area (Å²) in [6, 6.07) is 27.0. The van der Waals surface area contributed by atoms with E-state index in [2.05, 4.69) is 5.32 Å². The minimum absolute atomic E-state index is 0.216. The van der Waals surface area contributed by atoms with Crippen LogP contribution in [-0.2, 0) is 0 Å². The van der Waals surface area contributed by atoms with Crippen molar-refractivity contribution < 1.29 is 9.18 Å². The number of hydrogen-bond donors (Lipinski definition) is 1. The third-order valence-electron chi connectivity index (χ3n) is 4.37. The van der Waals surface area contributed by atoms with Crippen LogP contribution in [0, 0.1) is 5.82 Å². The van der Waals surface area contributed by atoms with E-state index in [4.69, 9.17) is 5.10 Å². The first-order chi connectivity index (χ1) is 14.2. The lowest BCUT2D eigenvalue weighted by Gasteiger charge is -2.06. The summed E-state index contributed by atoms with van der Waals surface area (Å²) in [7, 11) is 0. The molecule has 5 heteroatoms. The lowest BCUT2D eigenvalue weighted by atomic mass is 10.1. The summed E-state index contributed by atoms with van der Waals surface area (Å²) in [6.07, 6.45) is 2.98. The quantitative estimate of drug-likeness (QED) is 0.354. The normalized spacial score (nSPS) is 10.9. The van der Waals surface area contributed by atoms with Crippen molar-refractivity contribution in [3.05, 3.63) is 115 Å². The van der Waals surface area contributed by atoms with Crippen LogP contribution in [0.5, 0.6) is 0 Å². The van der Waals surface area contributed by atoms with E-state index in [0.717, 1.165) is 22.8 Å². The molecule has 0 bridgehead atoms. The van der Waals surface area contributed by atoms with Gasteiger partial charge in [-0.25, -0.2) is 9.07 Å². The Morgan fingerprint density at radius 2 is 1.55 bits per heavy atom. The molecule has 1 aromatic heterocycles. The first-order valence-corrected chi connectivity index (χ1v) is 9.14. The average molecular weight is 383 g/mol. The van der Waals surface area contributed by atoms with Crippen molar-refractivity contribution in [1.29, 1.82) is 0 Å². The van der Waals surface area contributed by atoms with Gasteiger partial charge in [0.25, 0.3) is 0 Å². The van der Waals surface area contributed by atoms with Crippen molar-refractivity contribution in [3.63, 3.8) is 0 Å². The van der Waals surface area contributed by atoms with Crippen LogP contribution < -0.4 is 5.32 Å². The van der Waals surface area contributed by atoms with E-state index in [9.17, 15) is 9.18 Å². The molecule has 4 nitrogen and oxygen atoms in total. The van der Waals surface area contributed by atoms with E-state index < -0.39 is 0 Å². The van der Waals surface area contributed by atoms with E-state index in [1.54, 1.807) is 10.9 Å². The average Bonchev–Trinajstić information content (AvgIpc) is 3.19. The monoisotopic (exact) mass is 383 g/mol. The number of nitrogens with one attached hydrogen (secondary N) is 1. The lowest BCUT2D eigenvalue weighted by Crippen LogP contribution is -2.02. The Labute approximate surface area is 167 Å². The Bertz CT molecular complexity index is 1130. The Hall–Kier alpha value is -3.99. The highest BCUT2D eigenvalue weighted by molar-refractivity contribution is 6.04. The molecule has 0 radical (unpaired) electrons. The number of nitrogens with zero attached hydrogens (tertiary/aromatic N) is 2. The fraction of sp³-hybridized carbons (Fsp3) is 0. The molecule has 0 unspecified atom stereocenters. The number of hydrogen-bond acceptors (Lipinski definition) is 3. The molecular formula is C24H18FN3O. The SMILES string of the molecule is O=C(C=CNc1cc(-c2ccccc2)nn1-c1ccccc1)c1ccc(F)cc1. The van der Waals surface area contributed by atoms with Crippen LogP contribution in [0.2, 0.25) is 0 Å². The van der Waals surface area contributed by atoms with Gasteiger partial charge in [0.15, 0.2) is 5.78 Å². The number of aromatic nitrogens is 2. The molecule has 0 aliphatic carbocycles. The van der Waals surface area contributed by atoms with Crippen molar-refractivity contribution in [2.24, 2.45) is 0 Å². The zero-order valence-corrected chi connectivity index (χ0v) is 15.5. The molecular weight excluding hydrogens is 365 g/mol. The fourth-order valence-corrected chi connectivity index (χ4v) is 2.91. The number of anilines is 1. The van der Waals surface area contributed by atoms with Gasteiger partial charge >= 0.3 is 0 Å². The molecule has 1 N–H and O–H groups in total. The van der Waals surface area contributed by atoms with Gasteiger partial charge in [0, 0.05) is 29.5 Å². The fourth-order valence-electron chi connectivity index (χ4n) is 2.91. The number of halogens is 1. The van der Waals surface area contributed by atoms with Crippen molar-refractivity contribution in [2.45, 2.75) is 0 Å². The van der Waals surface area contributed by atoms with Gasteiger partial charge in [0.05, 0.1) is 11.4 Å². The molecule has 29 heavy (non-hydrogen) atoms. The van der Waals surface area contributed by atoms with E-state index in [0.29, 0.717) is 5.56 Å². The molecule has 0 spiro atoms. The first-order valence-electron chi connectivity index (χ1n) is 9.14. The highest BCUT2D eigenvalue weighted by Gasteiger charge is 2.10. The number of carbonyl (C=O) groups is 1. The Kier molecular flexibility index (Phi) is 5.29. The summed E-state index contributed by atoms with van der Waals surface area (Å²) in [4.78, 5) is 12.3. The molecule has 142 valence electrons. The minimum atomic E-state index is -0.371. The number of carbonyl (C=O) groups excluding carboxylic acids is 1. The Morgan fingerprint density at radius 3 is 2.24 bits per heavy atom. The number of benzene rings is 3. The topological polar surface area (TPSA) is 46.9 Å². The molecule has 0 fully saturated rings. The van der Waals surface area contributed by atoms with Crippen LogP contribution >= 0.6 is 0 Å². The molecule has 4 aromatic rings. The number of rotatable bonds is 6. The number of ketones is 1. The smallest absolute Gasteiger partial charge is 0.187 e. The van der Waals surface area contributed by atoms with Crippen LogP contribution in [0.1, 0.15) is 10.4 Å². The van der Waals surface area contributed by atoms with Crippen LogP contribution in [0.4, 0.5) is 10.2 Å². The van der Waals surface area contributed by atoms with E-state index in [1.807, 2.05) is 66.7 Å². The molecule has 0 atom stereocenters. The molecule has 3 aromatic carbocycles. The van der Waals surface area contributed by atoms with Crippen molar-refractivity contribution in [1.82, 2.24) is 9.78 Å². The van der Waals surface area contributed by atoms with E-state index >= 15 is 0 Å².